The number of hydrogen-bond acceptors (Lipinski definition) is 6. The zero-order valence-electron chi connectivity index (χ0n) is 8.92. The van der Waals surface area contributed by atoms with E-state index in [1.165, 1.54) is 31.1 Å². The molecule has 0 aliphatic heterocycles. The fourth-order valence-electron chi connectivity index (χ4n) is 0.976. The molecule has 5 nitrogen and oxygen atoms in total. The number of carbonyl (C=O) groups excluding carboxylic acids is 1. The summed E-state index contributed by atoms with van der Waals surface area (Å²) in [6.45, 7) is 0. The first-order chi connectivity index (χ1) is 7.92. The van der Waals surface area contributed by atoms with Crippen LogP contribution >= 0.6 is 22.4 Å². The molecule has 0 aliphatic carbocycles. The summed E-state index contributed by atoms with van der Waals surface area (Å²) in [6.07, 6.45) is 1.46. The predicted octanol–water partition coefficient (Wildman–Crippen LogP) is 1.53. The molecule has 0 N–H and O–H groups in total. The lowest BCUT2D eigenvalue weighted by atomic mass is 10.3. The van der Waals surface area contributed by atoms with E-state index in [9.17, 15) is 13.2 Å². The molecule has 0 saturated carbocycles. The third-order valence-corrected chi connectivity index (χ3v) is 4.13. The second kappa shape index (κ2) is 6.23. The molecule has 17 heavy (non-hydrogen) atoms. The fraction of sp³-hybridized carbons (Fsp3) is 0.333. The first kappa shape index (κ1) is 14.3. The van der Waals surface area contributed by atoms with Crippen LogP contribution in [0.5, 0.6) is 0 Å². The van der Waals surface area contributed by atoms with E-state index in [2.05, 4.69) is 9.72 Å². The second-order valence-electron chi connectivity index (χ2n) is 2.96. The lowest BCUT2D eigenvalue weighted by Gasteiger charge is -2.02. The monoisotopic (exact) mass is 295 g/mol. The minimum atomic E-state index is -3.48. The van der Waals surface area contributed by atoms with E-state index in [1.54, 1.807) is 6.07 Å². The molecule has 8 heteroatoms. The van der Waals surface area contributed by atoms with E-state index in [-0.39, 0.29) is 11.4 Å². The first-order valence-corrected chi connectivity index (χ1v) is 7.98. The topological polar surface area (TPSA) is 73.3 Å². The van der Waals surface area contributed by atoms with Crippen molar-refractivity contribution < 1.29 is 17.9 Å². The van der Waals surface area contributed by atoms with Crippen LogP contribution in [-0.4, -0.2) is 38.0 Å². The van der Waals surface area contributed by atoms with Crippen LogP contribution < -0.4 is 0 Å². The SMILES string of the molecule is COC(=O)c1cc(SCCS(=O)(=O)Cl)ccn1. The van der Waals surface area contributed by atoms with Crippen molar-refractivity contribution in [1.82, 2.24) is 4.98 Å². The second-order valence-corrected chi connectivity index (χ2v) is 7.02. The van der Waals surface area contributed by atoms with Crippen LogP contribution in [0.4, 0.5) is 0 Å². The van der Waals surface area contributed by atoms with Crippen LogP contribution in [0.15, 0.2) is 23.2 Å². The van der Waals surface area contributed by atoms with Crippen molar-refractivity contribution in [2.24, 2.45) is 0 Å². The molecular weight excluding hydrogens is 286 g/mol. The van der Waals surface area contributed by atoms with Gasteiger partial charge in [0.15, 0.2) is 0 Å². The van der Waals surface area contributed by atoms with Crippen molar-refractivity contribution >= 4 is 37.5 Å². The summed E-state index contributed by atoms with van der Waals surface area (Å²) >= 11 is 1.28. The van der Waals surface area contributed by atoms with E-state index in [0.29, 0.717) is 5.75 Å². The Hall–Kier alpha value is -0.790. The summed E-state index contributed by atoms with van der Waals surface area (Å²) in [5, 5.41) is 0. The van der Waals surface area contributed by atoms with Crippen molar-refractivity contribution in [3.8, 4) is 0 Å². The van der Waals surface area contributed by atoms with Gasteiger partial charge in [-0.1, -0.05) is 0 Å². The highest BCUT2D eigenvalue weighted by Gasteiger charge is 2.09. The van der Waals surface area contributed by atoms with Crippen LogP contribution in [0.25, 0.3) is 0 Å². The molecule has 0 aliphatic rings. The van der Waals surface area contributed by atoms with Gasteiger partial charge in [0, 0.05) is 27.5 Å². The summed E-state index contributed by atoms with van der Waals surface area (Å²) in [6, 6.07) is 3.22. The summed E-state index contributed by atoms with van der Waals surface area (Å²) in [7, 11) is 2.86. The Bertz CT molecular complexity index is 503. The van der Waals surface area contributed by atoms with Crippen molar-refractivity contribution in [1.29, 1.82) is 0 Å². The summed E-state index contributed by atoms with van der Waals surface area (Å²) in [5.74, 6) is -0.344. The molecular formula is C9H10ClNO4S2. The van der Waals surface area contributed by atoms with Gasteiger partial charge in [-0.25, -0.2) is 18.2 Å². The van der Waals surface area contributed by atoms with Crippen LogP contribution in [0.3, 0.4) is 0 Å². The maximum atomic E-state index is 11.2. The number of ether oxygens (including phenoxy) is 1. The minimum absolute atomic E-state index is 0.130. The average molecular weight is 296 g/mol. The van der Waals surface area contributed by atoms with E-state index < -0.39 is 15.0 Å². The molecule has 1 aromatic rings. The largest absolute Gasteiger partial charge is 0.464 e. The number of pyridine rings is 1. The molecule has 0 spiro atoms. The number of methoxy groups -OCH3 is 1. The normalized spacial score (nSPS) is 11.2. The standard InChI is InChI=1S/C9H10ClNO4S2/c1-15-9(12)8-6-7(2-3-11-8)16-4-5-17(10,13)14/h2-3,6H,4-5H2,1H3. The van der Waals surface area contributed by atoms with E-state index >= 15 is 0 Å². The molecule has 0 fully saturated rings. The maximum Gasteiger partial charge on any atom is 0.356 e. The Kier molecular flexibility index (Phi) is 5.23. The fourth-order valence-corrected chi connectivity index (χ4v) is 3.26. The van der Waals surface area contributed by atoms with Gasteiger partial charge in [-0.15, -0.1) is 11.8 Å². The minimum Gasteiger partial charge on any atom is -0.464 e. The number of esters is 1. The van der Waals surface area contributed by atoms with Crippen LogP contribution in [0.1, 0.15) is 10.5 Å². The van der Waals surface area contributed by atoms with Gasteiger partial charge in [-0.2, -0.15) is 0 Å². The molecule has 1 aromatic heterocycles. The molecule has 0 amide bonds. The van der Waals surface area contributed by atoms with Crippen LogP contribution in [-0.2, 0) is 13.8 Å². The molecule has 1 rings (SSSR count). The number of carbonyl (C=O) groups is 1. The third kappa shape index (κ3) is 5.38. The van der Waals surface area contributed by atoms with Crippen LogP contribution in [0, 0.1) is 0 Å². The number of halogens is 1. The molecule has 0 saturated heterocycles. The molecule has 0 unspecified atom stereocenters. The lowest BCUT2D eigenvalue weighted by Crippen LogP contribution is -2.04. The number of nitrogens with zero attached hydrogens (tertiary/aromatic N) is 1. The number of thioether (sulfide) groups is 1. The van der Waals surface area contributed by atoms with Crippen LogP contribution in [0.2, 0.25) is 0 Å². The van der Waals surface area contributed by atoms with Crippen molar-refractivity contribution in [3.05, 3.63) is 24.0 Å². The van der Waals surface area contributed by atoms with E-state index in [4.69, 9.17) is 10.7 Å². The Morgan fingerprint density at radius 1 is 1.59 bits per heavy atom. The highest BCUT2D eigenvalue weighted by atomic mass is 35.7. The number of hydrogen-bond donors (Lipinski definition) is 0. The zero-order valence-corrected chi connectivity index (χ0v) is 11.3. The Morgan fingerprint density at radius 3 is 2.88 bits per heavy atom. The van der Waals surface area contributed by atoms with Crippen molar-refractivity contribution in [2.75, 3.05) is 18.6 Å². The van der Waals surface area contributed by atoms with Gasteiger partial charge in [0.05, 0.1) is 12.9 Å². The van der Waals surface area contributed by atoms with Gasteiger partial charge in [-0.05, 0) is 12.1 Å². The molecule has 0 bridgehead atoms. The van der Waals surface area contributed by atoms with Gasteiger partial charge in [0.25, 0.3) is 0 Å². The molecule has 0 radical (unpaired) electrons. The average Bonchev–Trinajstić information content (AvgIpc) is 2.27. The summed E-state index contributed by atoms with van der Waals surface area (Å²) in [5.41, 5.74) is 0.186. The van der Waals surface area contributed by atoms with E-state index in [1.807, 2.05) is 0 Å². The van der Waals surface area contributed by atoms with Gasteiger partial charge < -0.3 is 4.74 Å². The molecule has 1 heterocycles. The highest BCUT2D eigenvalue weighted by Crippen LogP contribution is 2.19. The number of rotatable bonds is 5. The van der Waals surface area contributed by atoms with Gasteiger partial charge in [0.1, 0.15) is 5.69 Å². The van der Waals surface area contributed by atoms with Crippen molar-refractivity contribution in [2.45, 2.75) is 4.90 Å². The quantitative estimate of drug-likeness (QED) is 0.466. The molecule has 0 atom stereocenters. The smallest absolute Gasteiger partial charge is 0.356 e. The third-order valence-electron chi connectivity index (χ3n) is 1.72. The maximum absolute atomic E-state index is 11.2. The van der Waals surface area contributed by atoms with Crippen molar-refractivity contribution in [3.63, 3.8) is 0 Å². The number of aromatic nitrogens is 1. The van der Waals surface area contributed by atoms with Gasteiger partial charge in [0.2, 0.25) is 9.05 Å². The Morgan fingerprint density at radius 2 is 2.29 bits per heavy atom. The summed E-state index contributed by atoms with van der Waals surface area (Å²) < 4.78 is 25.9. The predicted molar refractivity (Wildman–Crippen MR) is 65.9 cm³/mol. The summed E-state index contributed by atoms with van der Waals surface area (Å²) in [4.78, 5) is 15.8. The first-order valence-electron chi connectivity index (χ1n) is 4.52. The highest BCUT2D eigenvalue weighted by molar-refractivity contribution is 8.14. The molecule has 0 aromatic carbocycles. The van der Waals surface area contributed by atoms with Gasteiger partial charge >= 0.3 is 5.97 Å². The Balaban J connectivity index is 2.63. The molecule has 94 valence electrons. The Labute approximate surface area is 108 Å². The van der Waals surface area contributed by atoms with Gasteiger partial charge in [-0.3, -0.25) is 0 Å². The van der Waals surface area contributed by atoms with E-state index in [0.717, 1.165) is 4.90 Å². The lowest BCUT2D eigenvalue weighted by molar-refractivity contribution is 0.0593. The zero-order chi connectivity index (χ0) is 12.9.